The number of anilines is 2. The molecule has 0 spiro atoms. The Kier molecular flexibility index (Phi) is 5.60. The van der Waals surface area contributed by atoms with Crippen LogP contribution in [0.2, 0.25) is 0 Å². The minimum atomic E-state index is 0.589. The van der Waals surface area contributed by atoms with Crippen LogP contribution >= 0.6 is 0 Å². The minimum absolute atomic E-state index is 0.589. The van der Waals surface area contributed by atoms with Crippen LogP contribution in [-0.2, 0) is 18.3 Å². The number of nitrogens with zero attached hydrogens (tertiary/aromatic N) is 5. The number of aromatic nitrogens is 4. The number of benzene rings is 2. The third-order valence-corrected chi connectivity index (χ3v) is 5.79. The molecular weight excluding hydrogens is 404 g/mol. The Labute approximate surface area is 186 Å². The largest absolute Gasteiger partial charge is 0.497 e. The van der Waals surface area contributed by atoms with Gasteiger partial charge in [-0.3, -0.25) is 0 Å². The van der Waals surface area contributed by atoms with E-state index in [0.29, 0.717) is 12.5 Å². The molecule has 1 aliphatic rings. The summed E-state index contributed by atoms with van der Waals surface area (Å²) in [5.74, 6) is 1.44. The molecule has 2 aromatic carbocycles. The van der Waals surface area contributed by atoms with Gasteiger partial charge < -0.3 is 24.3 Å². The molecule has 1 fully saturated rings. The van der Waals surface area contributed by atoms with Crippen LogP contribution in [0, 0.1) is 0 Å². The van der Waals surface area contributed by atoms with Crippen molar-refractivity contribution in [2.24, 2.45) is 7.05 Å². The van der Waals surface area contributed by atoms with Crippen molar-refractivity contribution in [2.75, 3.05) is 43.6 Å². The van der Waals surface area contributed by atoms with E-state index in [1.807, 2.05) is 29.9 Å². The predicted octanol–water partition coefficient (Wildman–Crippen LogP) is 3.49. The Morgan fingerprint density at radius 1 is 1.12 bits per heavy atom. The highest BCUT2D eigenvalue weighted by Crippen LogP contribution is 2.35. The first-order valence-corrected chi connectivity index (χ1v) is 10.7. The third-order valence-electron chi connectivity index (χ3n) is 5.79. The molecule has 1 saturated heterocycles. The minimum Gasteiger partial charge on any atom is -0.497 e. The van der Waals surface area contributed by atoms with E-state index >= 15 is 0 Å². The molecule has 2 aromatic heterocycles. The van der Waals surface area contributed by atoms with E-state index in [-0.39, 0.29) is 0 Å². The van der Waals surface area contributed by atoms with Gasteiger partial charge in [0.05, 0.1) is 44.6 Å². The van der Waals surface area contributed by atoms with Crippen LogP contribution in [-0.4, -0.2) is 52.9 Å². The molecule has 164 valence electrons. The summed E-state index contributed by atoms with van der Waals surface area (Å²) in [4.78, 5) is 15.7. The summed E-state index contributed by atoms with van der Waals surface area (Å²) in [5.41, 5.74) is 4.16. The van der Waals surface area contributed by atoms with Crippen molar-refractivity contribution in [3.8, 4) is 17.0 Å². The van der Waals surface area contributed by atoms with Crippen LogP contribution in [0.25, 0.3) is 22.0 Å². The van der Waals surface area contributed by atoms with Gasteiger partial charge in [-0.1, -0.05) is 6.07 Å². The SMILES string of the molecule is COc1ccc2cc(-c3ccnc(NCc4cncn4C)n3)cc(N3CCOCC3)c2c1. The highest BCUT2D eigenvalue weighted by Gasteiger charge is 2.17. The fourth-order valence-electron chi connectivity index (χ4n) is 3.99. The second-order valence-corrected chi connectivity index (χ2v) is 7.80. The van der Waals surface area contributed by atoms with E-state index in [4.69, 9.17) is 14.5 Å². The monoisotopic (exact) mass is 430 g/mol. The molecule has 4 aromatic rings. The molecule has 1 N–H and O–H groups in total. The zero-order valence-corrected chi connectivity index (χ0v) is 18.3. The molecule has 0 atom stereocenters. The number of ether oxygens (including phenoxy) is 2. The maximum atomic E-state index is 5.57. The van der Waals surface area contributed by atoms with Crippen LogP contribution in [0.1, 0.15) is 5.69 Å². The normalized spacial score (nSPS) is 14.0. The van der Waals surface area contributed by atoms with E-state index in [9.17, 15) is 0 Å². The average molecular weight is 431 g/mol. The van der Waals surface area contributed by atoms with Gasteiger partial charge in [0.1, 0.15) is 5.75 Å². The fraction of sp³-hybridized carbons (Fsp3) is 0.292. The first-order valence-electron chi connectivity index (χ1n) is 10.7. The molecule has 0 amide bonds. The summed E-state index contributed by atoms with van der Waals surface area (Å²) in [6, 6.07) is 12.5. The average Bonchev–Trinajstić information content (AvgIpc) is 3.27. The highest BCUT2D eigenvalue weighted by atomic mass is 16.5. The summed E-state index contributed by atoms with van der Waals surface area (Å²) in [7, 11) is 3.67. The van der Waals surface area contributed by atoms with Gasteiger partial charge in [0.2, 0.25) is 5.95 Å². The van der Waals surface area contributed by atoms with Crippen LogP contribution in [0.15, 0.2) is 55.1 Å². The second kappa shape index (κ2) is 8.84. The molecule has 32 heavy (non-hydrogen) atoms. The number of imidazole rings is 1. The Morgan fingerprint density at radius 3 is 2.78 bits per heavy atom. The van der Waals surface area contributed by atoms with Gasteiger partial charge in [0.15, 0.2) is 0 Å². The number of hydrogen-bond donors (Lipinski definition) is 1. The van der Waals surface area contributed by atoms with Crippen molar-refractivity contribution in [3.63, 3.8) is 0 Å². The van der Waals surface area contributed by atoms with Crippen molar-refractivity contribution < 1.29 is 9.47 Å². The summed E-state index contributed by atoms with van der Waals surface area (Å²) >= 11 is 0. The molecule has 5 rings (SSSR count). The van der Waals surface area contributed by atoms with Gasteiger partial charge in [-0.25, -0.2) is 15.0 Å². The van der Waals surface area contributed by atoms with Gasteiger partial charge in [-0.15, -0.1) is 0 Å². The highest BCUT2D eigenvalue weighted by molar-refractivity contribution is 5.98. The van der Waals surface area contributed by atoms with E-state index in [1.165, 1.54) is 11.1 Å². The molecule has 0 radical (unpaired) electrons. The van der Waals surface area contributed by atoms with Crippen LogP contribution in [0.3, 0.4) is 0 Å². The van der Waals surface area contributed by atoms with Crippen molar-refractivity contribution in [1.29, 1.82) is 0 Å². The van der Waals surface area contributed by atoms with E-state index < -0.39 is 0 Å². The Balaban J connectivity index is 1.51. The lowest BCUT2D eigenvalue weighted by molar-refractivity contribution is 0.123. The number of rotatable bonds is 6. The van der Waals surface area contributed by atoms with Gasteiger partial charge in [0.25, 0.3) is 0 Å². The molecule has 8 nitrogen and oxygen atoms in total. The first kappa shape index (κ1) is 20.3. The molecular formula is C24H26N6O2. The fourth-order valence-corrected chi connectivity index (χ4v) is 3.99. The quantitative estimate of drug-likeness (QED) is 0.502. The summed E-state index contributed by atoms with van der Waals surface area (Å²) in [5, 5.41) is 5.61. The lowest BCUT2D eigenvalue weighted by atomic mass is 10.0. The van der Waals surface area contributed by atoms with Crippen molar-refractivity contribution in [3.05, 3.63) is 60.8 Å². The maximum absolute atomic E-state index is 5.57. The van der Waals surface area contributed by atoms with Crippen LogP contribution < -0.4 is 15.0 Å². The molecule has 0 aliphatic carbocycles. The third kappa shape index (κ3) is 4.09. The second-order valence-electron chi connectivity index (χ2n) is 7.80. The molecule has 1 aliphatic heterocycles. The van der Waals surface area contributed by atoms with Crippen LogP contribution in [0.4, 0.5) is 11.6 Å². The Hall–Kier alpha value is -3.65. The predicted molar refractivity (Wildman–Crippen MR) is 125 cm³/mol. The smallest absolute Gasteiger partial charge is 0.223 e. The molecule has 0 unspecified atom stereocenters. The first-order chi connectivity index (χ1) is 15.7. The summed E-state index contributed by atoms with van der Waals surface area (Å²) < 4.78 is 13.0. The number of methoxy groups -OCH3 is 1. The molecule has 0 saturated carbocycles. The number of hydrogen-bond acceptors (Lipinski definition) is 7. The number of fused-ring (bicyclic) bond motifs is 1. The standard InChI is InChI=1S/C24H26N6O2/c1-29-16-25-14-19(29)15-27-24-26-6-5-22(28-24)18-11-17-3-4-20(31-2)13-21(17)23(12-18)30-7-9-32-10-8-30/h3-6,11-14,16H,7-10,15H2,1-2H3,(H,26,27,28). The lowest BCUT2D eigenvalue weighted by Crippen LogP contribution is -2.36. The zero-order valence-electron chi connectivity index (χ0n) is 18.3. The van der Waals surface area contributed by atoms with Gasteiger partial charge >= 0.3 is 0 Å². The number of aryl methyl sites for hydroxylation is 1. The van der Waals surface area contributed by atoms with Crippen molar-refractivity contribution in [2.45, 2.75) is 6.54 Å². The summed E-state index contributed by atoms with van der Waals surface area (Å²) in [6.07, 6.45) is 5.41. The Morgan fingerprint density at radius 2 is 2.00 bits per heavy atom. The lowest BCUT2D eigenvalue weighted by Gasteiger charge is -2.30. The number of morpholine rings is 1. The van der Waals surface area contributed by atoms with E-state index in [0.717, 1.165) is 54.4 Å². The summed E-state index contributed by atoms with van der Waals surface area (Å²) in [6.45, 7) is 3.78. The van der Waals surface area contributed by atoms with Gasteiger partial charge in [-0.2, -0.15) is 0 Å². The van der Waals surface area contributed by atoms with E-state index in [2.05, 4.69) is 44.5 Å². The van der Waals surface area contributed by atoms with Crippen LogP contribution in [0.5, 0.6) is 5.75 Å². The van der Waals surface area contributed by atoms with Gasteiger partial charge in [-0.05, 0) is 35.7 Å². The topological polar surface area (TPSA) is 77.3 Å². The van der Waals surface area contributed by atoms with Crippen molar-refractivity contribution >= 4 is 22.4 Å². The molecule has 0 bridgehead atoms. The number of nitrogens with one attached hydrogen (secondary N) is 1. The molecule has 3 heterocycles. The zero-order chi connectivity index (χ0) is 21.9. The maximum Gasteiger partial charge on any atom is 0.223 e. The van der Waals surface area contributed by atoms with E-state index in [1.54, 1.807) is 19.6 Å². The van der Waals surface area contributed by atoms with Gasteiger partial charge in [0, 0.05) is 49.2 Å². The molecule has 8 heteroatoms. The van der Waals surface area contributed by atoms with Crippen molar-refractivity contribution in [1.82, 2.24) is 19.5 Å². The Bertz CT molecular complexity index is 1230.